The lowest BCUT2D eigenvalue weighted by molar-refractivity contribution is 0.605. The molecule has 0 spiro atoms. The van der Waals surface area contributed by atoms with E-state index in [-0.39, 0.29) is 5.56 Å². The Morgan fingerprint density at radius 2 is 2.26 bits per heavy atom. The molecule has 2 aromatic heterocycles. The monoisotopic (exact) mass is 327 g/mol. The van der Waals surface area contributed by atoms with Crippen molar-refractivity contribution in [1.82, 2.24) is 9.55 Å². The van der Waals surface area contributed by atoms with Gasteiger partial charge in [-0.2, -0.15) is 0 Å². The minimum absolute atomic E-state index is 0.246. The number of pyridine rings is 1. The molecule has 2 heterocycles. The lowest BCUT2D eigenvalue weighted by Crippen LogP contribution is -2.19. The predicted octanol–water partition coefficient (Wildman–Crippen LogP) is 4.26. The van der Waals surface area contributed by atoms with Crippen LogP contribution in [0.25, 0.3) is 27.7 Å². The van der Waals surface area contributed by atoms with Crippen molar-refractivity contribution in [2.24, 2.45) is 4.99 Å². The molecule has 3 aromatic rings. The highest BCUT2D eigenvalue weighted by atomic mass is 35.5. The fraction of sp³-hybridized carbons (Fsp3) is 0.118. The summed E-state index contributed by atoms with van der Waals surface area (Å²) in [5.41, 5.74) is 1.92. The van der Waals surface area contributed by atoms with Crippen LogP contribution in [0.15, 0.2) is 57.1 Å². The average Bonchev–Trinajstić information content (AvgIpc) is 3.01. The number of halogens is 1. The topological polar surface area (TPSA) is 60.4 Å². The summed E-state index contributed by atoms with van der Waals surface area (Å²) >= 11 is 6.10. The lowest BCUT2D eigenvalue weighted by Gasteiger charge is -2.10. The highest BCUT2D eigenvalue weighted by molar-refractivity contribution is 6.31. The first-order chi connectivity index (χ1) is 11.1. The van der Waals surface area contributed by atoms with Crippen molar-refractivity contribution < 1.29 is 4.42 Å². The number of hydrogen-bond acceptors (Lipinski definition) is 4. The molecule has 0 bridgehead atoms. The Morgan fingerprint density at radius 3 is 3.04 bits per heavy atom. The van der Waals surface area contributed by atoms with E-state index in [1.54, 1.807) is 41.3 Å². The Bertz CT molecular complexity index is 1030. The zero-order chi connectivity index (χ0) is 16.4. The van der Waals surface area contributed by atoms with E-state index in [1.807, 2.05) is 19.9 Å². The van der Waals surface area contributed by atoms with Gasteiger partial charge >= 0.3 is 0 Å². The summed E-state index contributed by atoms with van der Waals surface area (Å²) in [6, 6.07) is 5.33. The second-order valence-corrected chi connectivity index (χ2v) is 5.33. The molecule has 5 nitrogen and oxygen atoms in total. The molecule has 116 valence electrons. The minimum Gasteiger partial charge on any atom is -0.443 e. The molecule has 0 aliphatic heterocycles. The summed E-state index contributed by atoms with van der Waals surface area (Å²) < 4.78 is 6.96. The van der Waals surface area contributed by atoms with Crippen LogP contribution in [0.4, 0.5) is 0 Å². The van der Waals surface area contributed by atoms with Gasteiger partial charge in [-0.05, 0) is 44.2 Å². The SMILES string of the molecule is CC=N/C=C\C=C(/C)n1c(=O)c2ncoc2c2ccc(Cl)cc21. The van der Waals surface area contributed by atoms with Crippen molar-refractivity contribution >= 4 is 45.5 Å². The molecule has 0 aliphatic rings. The molecule has 0 aliphatic carbocycles. The molecule has 0 saturated carbocycles. The van der Waals surface area contributed by atoms with E-state index in [4.69, 9.17) is 16.0 Å². The highest BCUT2D eigenvalue weighted by Crippen LogP contribution is 2.26. The van der Waals surface area contributed by atoms with Crippen LogP contribution in [-0.2, 0) is 0 Å². The van der Waals surface area contributed by atoms with Crippen LogP contribution in [0, 0.1) is 0 Å². The van der Waals surface area contributed by atoms with E-state index >= 15 is 0 Å². The third-order valence-electron chi connectivity index (χ3n) is 3.43. The van der Waals surface area contributed by atoms with Gasteiger partial charge in [0.2, 0.25) is 0 Å². The summed E-state index contributed by atoms with van der Waals surface area (Å²) in [5.74, 6) is 0. The van der Waals surface area contributed by atoms with Crippen LogP contribution in [0.3, 0.4) is 0 Å². The number of aromatic nitrogens is 2. The first-order valence-corrected chi connectivity index (χ1v) is 7.40. The molecule has 0 saturated heterocycles. The first kappa shape index (κ1) is 15.2. The van der Waals surface area contributed by atoms with Gasteiger partial charge in [0.25, 0.3) is 5.56 Å². The van der Waals surface area contributed by atoms with E-state index in [9.17, 15) is 4.79 Å². The van der Waals surface area contributed by atoms with Crippen molar-refractivity contribution in [3.8, 4) is 0 Å². The van der Waals surface area contributed by atoms with Crippen LogP contribution in [-0.4, -0.2) is 15.8 Å². The predicted molar refractivity (Wildman–Crippen MR) is 94.0 cm³/mol. The molecule has 3 rings (SSSR count). The van der Waals surface area contributed by atoms with Crippen molar-refractivity contribution in [2.75, 3.05) is 0 Å². The largest absolute Gasteiger partial charge is 0.443 e. The van der Waals surface area contributed by atoms with Gasteiger partial charge in [-0.3, -0.25) is 14.4 Å². The number of aliphatic imine (C=N–C) groups is 1. The fourth-order valence-electron chi connectivity index (χ4n) is 2.43. The van der Waals surface area contributed by atoms with Crippen LogP contribution < -0.4 is 5.56 Å². The number of fused-ring (bicyclic) bond motifs is 3. The molecule has 0 radical (unpaired) electrons. The van der Waals surface area contributed by atoms with Crippen LogP contribution in [0.5, 0.6) is 0 Å². The molecule has 6 heteroatoms. The van der Waals surface area contributed by atoms with E-state index in [1.165, 1.54) is 6.39 Å². The van der Waals surface area contributed by atoms with Crippen molar-refractivity contribution in [2.45, 2.75) is 13.8 Å². The van der Waals surface area contributed by atoms with E-state index in [2.05, 4.69) is 9.98 Å². The van der Waals surface area contributed by atoms with E-state index in [0.29, 0.717) is 21.6 Å². The van der Waals surface area contributed by atoms with Crippen molar-refractivity contribution in [3.63, 3.8) is 0 Å². The Balaban J connectivity index is 2.35. The normalized spacial score (nSPS) is 13.1. The molecule has 0 amide bonds. The number of nitrogens with zero attached hydrogens (tertiary/aromatic N) is 3. The van der Waals surface area contributed by atoms with Gasteiger partial charge in [0.05, 0.1) is 5.52 Å². The Morgan fingerprint density at radius 1 is 1.43 bits per heavy atom. The van der Waals surface area contributed by atoms with Gasteiger partial charge in [-0.25, -0.2) is 4.98 Å². The Labute approximate surface area is 137 Å². The maximum atomic E-state index is 12.7. The maximum absolute atomic E-state index is 12.7. The van der Waals surface area contributed by atoms with Gasteiger partial charge in [0, 0.05) is 28.5 Å². The summed E-state index contributed by atoms with van der Waals surface area (Å²) in [6.45, 7) is 3.67. The summed E-state index contributed by atoms with van der Waals surface area (Å²) in [5, 5.41) is 1.33. The zero-order valence-electron chi connectivity index (χ0n) is 12.7. The summed E-state index contributed by atoms with van der Waals surface area (Å²) in [6.07, 6.45) is 8.19. The highest BCUT2D eigenvalue weighted by Gasteiger charge is 2.15. The average molecular weight is 328 g/mol. The molecular formula is C17H14ClN3O2. The van der Waals surface area contributed by atoms with Crippen molar-refractivity contribution in [1.29, 1.82) is 0 Å². The molecule has 0 N–H and O–H groups in total. The summed E-state index contributed by atoms with van der Waals surface area (Å²) in [4.78, 5) is 20.8. The fourth-order valence-corrected chi connectivity index (χ4v) is 2.60. The van der Waals surface area contributed by atoms with Gasteiger partial charge in [0.15, 0.2) is 17.5 Å². The quantitative estimate of drug-likeness (QED) is 0.533. The van der Waals surface area contributed by atoms with Crippen LogP contribution >= 0.6 is 11.6 Å². The van der Waals surface area contributed by atoms with Gasteiger partial charge in [-0.15, -0.1) is 0 Å². The lowest BCUT2D eigenvalue weighted by atomic mass is 10.2. The number of oxazole rings is 1. The molecule has 0 fully saturated rings. The number of allylic oxidation sites excluding steroid dienone is 3. The molecule has 23 heavy (non-hydrogen) atoms. The number of benzene rings is 1. The Kier molecular flexibility index (Phi) is 4.12. The first-order valence-electron chi connectivity index (χ1n) is 7.02. The Hall–Kier alpha value is -2.66. The molecule has 1 aromatic carbocycles. The second-order valence-electron chi connectivity index (χ2n) is 4.89. The van der Waals surface area contributed by atoms with Crippen LogP contribution in [0.1, 0.15) is 13.8 Å². The smallest absolute Gasteiger partial charge is 0.285 e. The second kappa shape index (κ2) is 6.22. The number of rotatable bonds is 3. The molecule has 0 unspecified atom stereocenters. The minimum atomic E-state index is -0.246. The van der Waals surface area contributed by atoms with E-state index < -0.39 is 0 Å². The third-order valence-corrected chi connectivity index (χ3v) is 3.66. The zero-order valence-corrected chi connectivity index (χ0v) is 13.4. The van der Waals surface area contributed by atoms with Crippen molar-refractivity contribution in [3.05, 3.63) is 58.3 Å². The molecular weight excluding hydrogens is 314 g/mol. The van der Waals surface area contributed by atoms with Crippen LogP contribution in [0.2, 0.25) is 5.02 Å². The number of hydrogen-bond donors (Lipinski definition) is 0. The van der Waals surface area contributed by atoms with E-state index in [0.717, 1.165) is 11.1 Å². The maximum Gasteiger partial charge on any atom is 0.285 e. The molecule has 0 atom stereocenters. The third kappa shape index (κ3) is 2.71. The van der Waals surface area contributed by atoms with Gasteiger partial charge in [-0.1, -0.05) is 11.6 Å². The van der Waals surface area contributed by atoms with Gasteiger partial charge in [0.1, 0.15) is 0 Å². The summed E-state index contributed by atoms with van der Waals surface area (Å²) in [7, 11) is 0. The van der Waals surface area contributed by atoms with Gasteiger partial charge < -0.3 is 4.42 Å². The standard InChI is InChI=1S/C17H14ClN3O2/c1-3-19-8-4-5-11(2)21-14-9-12(18)6-7-13(14)16-15(17(21)22)20-10-23-16/h3-10H,1-2H3/b8-4-,11-5+,19-3?.